The van der Waals surface area contributed by atoms with Crippen molar-refractivity contribution >= 4 is 28.3 Å². The highest BCUT2D eigenvalue weighted by Crippen LogP contribution is 2.40. The Bertz CT molecular complexity index is 1380. The smallest absolute Gasteiger partial charge is 0.337 e. The van der Waals surface area contributed by atoms with Crippen molar-refractivity contribution in [1.29, 1.82) is 0 Å². The van der Waals surface area contributed by atoms with Crippen molar-refractivity contribution in [2.75, 3.05) is 28.4 Å². The molecule has 164 valence electrons. The molecule has 0 saturated carbocycles. The molecule has 0 saturated heterocycles. The highest BCUT2D eigenvalue weighted by Gasteiger charge is 2.19. The van der Waals surface area contributed by atoms with E-state index in [0.717, 1.165) is 5.56 Å². The quantitative estimate of drug-likeness (QED) is 0.410. The molecule has 10 heteroatoms. The van der Waals surface area contributed by atoms with E-state index in [2.05, 4.69) is 10.2 Å². The van der Waals surface area contributed by atoms with Gasteiger partial charge < -0.3 is 18.9 Å². The van der Waals surface area contributed by atoms with Crippen molar-refractivity contribution in [3.05, 3.63) is 62.4 Å². The lowest BCUT2D eigenvalue weighted by Gasteiger charge is -2.13. The van der Waals surface area contributed by atoms with Crippen molar-refractivity contribution in [2.24, 2.45) is 0 Å². The van der Waals surface area contributed by atoms with E-state index in [0.29, 0.717) is 43.7 Å². The van der Waals surface area contributed by atoms with Gasteiger partial charge in [0.25, 0.3) is 5.56 Å². The molecule has 0 N–H and O–H groups in total. The zero-order chi connectivity index (χ0) is 22.8. The fourth-order valence-electron chi connectivity index (χ4n) is 3.24. The van der Waals surface area contributed by atoms with Crippen LogP contribution in [0.15, 0.2) is 41.2 Å². The molecule has 32 heavy (non-hydrogen) atoms. The van der Waals surface area contributed by atoms with Crippen LogP contribution < -0.4 is 24.3 Å². The van der Waals surface area contributed by atoms with Gasteiger partial charge in [0.15, 0.2) is 17.3 Å². The van der Waals surface area contributed by atoms with Gasteiger partial charge in [-0.15, -0.1) is 10.2 Å². The Hall–Kier alpha value is -3.92. The van der Waals surface area contributed by atoms with E-state index in [1.165, 1.54) is 44.2 Å². The molecule has 4 aromatic rings. The van der Waals surface area contributed by atoms with Gasteiger partial charge in [-0.1, -0.05) is 23.5 Å². The number of thiazole rings is 1. The molecule has 9 nitrogen and oxygen atoms in total. The Labute approximate surface area is 186 Å². The third-order valence-electron chi connectivity index (χ3n) is 4.80. The maximum atomic E-state index is 13.1. The summed E-state index contributed by atoms with van der Waals surface area (Å²) in [6, 6.07) is 10.2. The third kappa shape index (κ3) is 3.65. The first kappa shape index (κ1) is 21.3. The van der Waals surface area contributed by atoms with Crippen LogP contribution in [0.2, 0.25) is 0 Å². The topological polar surface area (TPSA) is 101 Å². The predicted octanol–water partition coefficient (Wildman–Crippen LogP) is 2.18. The van der Waals surface area contributed by atoms with Gasteiger partial charge in [0.2, 0.25) is 10.7 Å². The fourth-order valence-corrected chi connectivity index (χ4v) is 4.16. The lowest BCUT2D eigenvalue weighted by atomic mass is 10.1. The number of rotatable bonds is 6. The van der Waals surface area contributed by atoms with Gasteiger partial charge in [-0.05, 0) is 35.9 Å². The zero-order valence-electron chi connectivity index (χ0n) is 17.7. The van der Waals surface area contributed by atoms with Crippen LogP contribution in [0.3, 0.4) is 0 Å². The minimum Gasteiger partial charge on any atom is -0.493 e. The fraction of sp³-hybridized carbons (Fsp3) is 0.182. The maximum absolute atomic E-state index is 13.1. The number of ether oxygens (including phenoxy) is 4. The molecule has 0 amide bonds. The van der Waals surface area contributed by atoms with Crippen LogP contribution in [0.5, 0.6) is 17.2 Å². The second kappa shape index (κ2) is 8.67. The normalized spacial score (nSPS) is 11.6. The summed E-state index contributed by atoms with van der Waals surface area (Å²) in [5.41, 5.74) is 1.54. The van der Waals surface area contributed by atoms with Gasteiger partial charge in [-0.2, -0.15) is 0 Å². The minimum atomic E-state index is -0.420. The van der Waals surface area contributed by atoms with Gasteiger partial charge in [0.05, 0.1) is 38.5 Å². The van der Waals surface area contributed by atoms with E-state index in [4.69, 9.17) is 18.9 Å². The summed E-state index contributed by atoms with van der Waals surface area (Å²) < 4.78 is 22.8. The summed E-state index contributed by atoms with van der Waals surface area (Å²) in [7, 11) is 5.88. The number of carbonyl (C=O) groups excluding carboxylic acids is 1. The summed E-state index contributed by atoms with van der Waals surface area (Å²) in [6.45, 7) is 0. The van der Waals surface area contributed by atoms with Crippen LogP contribution >= 0.6 is 11.3 Å². The predicted molar refractivity (Wildman–Crippen MR) is 119 cm³/mol. The second-order valence-corrected chi connectivity index (χ2v) is 7.59. The lowest BCUT2D eigenvalue weighted by molar-refractivity contribution is 0.0600. The van der Waals surface area contributed by atoms with Gasteiger partial charge in [-0.3, -0.25) is 4.79 Å². The molecule has 0 fully saturated rings. The Morgan fingerprint density at radius 3 is 2.19 bits per heavy atom. The molecule has 0 aliphatic heterocycles. The van der Waals surface area contributed by atoms with Crippen molar-refractivity contribution in [3.8, 4) is 28.6 Å². The molecule has 0 bridgehead atoms. The minimum absolute atomic E-state index is 0.254. The Morgan fingerprint density at radius 1 is 0.969 bits per heavy atom. The molecule has 0 radical (unpaired) electrons. The average molecular weight is 453 g/mol. The van der Waals surface area contributed by atoms with Crippen LogP contribution in [-0.2, 0) is 4.74 Å². The molecule has 0 aliphatic rings. The summed E-state index contributed by atoms with van der Waals surface area (Å²) in [5.74, 6) is 1.27. The van der Waals surface area contributed by atoms with E-state index in [1.807, 2.05) is 0 Å². The number of nitrogens with zero attached hydrogens (tertiary/aromatic N) is 3. The van der Waals surface area contributed by atoms with Crippen molar-refractivity contribution in [3.63, 3.8) is 0 Å². The second-order valence-electron chi connectivity index (χ2n) is 6.58. The zero-order valence-corrected chi connectivity index (χ0v) is 18.6. The third-order valence-corrected chi connectivity index (χ3v) is 5.76. The number of aromatic nitrogens is 3. The van der Waals surface area contributed by atoms with E-state index in [-0.39, 0.29) is 5.56 Å². The molecule has 4 rings (SSSR count). The van der Waals surface area contributed by atoms with Crippen LogP contribution in [0.1, 0.15) is 15.9 Å². The summed E-state index contributed by atoms with van der Waals surface area (Å²) in [5, 5.41) is 8.34. The number of hydrogen-bond acceptors (Lipinski definition) is 9. The number of carbonyl (C=O) groups is 1. The largest absolute Gasteiger partial charge is 0.493 e. The van der Waals surface area contributed by atoms with E-state index in [9.17, 15) is 9.59 Å². The molecule has 2 aromatic heterocycles. The molecule has 2 aromatic carbocycles. The Morgan fingerprint density at radius 2 is 1.62 bits per heavy atom. The summed E-state index contributed by atoms with van der Waals surface area (Å²) in [6.07, 6.45) is 1.74. The van der Waals surface area contributed by atoms with Crippen LogP contribution in [-0.4, -0.2) is 49.0 Å². The Kier molecular flexibility index (Phi) is 5.78. The number of esters is 1. The number of methoxy groups -OCH3 is 4. The van der Waals surface area contributed by atoms with E-state index >= 15 is 0 Å². The first-order valence-electron chi connectivity index (χ1n) is 9.39. The molecule has 0 aliphatic carbocycles. The number of hydrogen-bond donors (Lipinski definition) is 0. The number of benzene rings is 2. The molecular formula is C22H19N3O6S. The lowest BCUT2D eigenvalue weighted by Crippen LogP contribution is -2.23. The van der Waals surface area contributed by atoms with Crippen molar-refractivity contribution in [1.82, 2.24) is 14.6 Å². The molecule has 2 heterocycles. The molecular weight excluding hydrogens is 434 g/mol. The Balaban J connectivity index is 1.82. The summed E-state index contributed by atoms with van der Waals surface area (Å²) in [4.78, 5) is 25.2. The maximum Gasteiger partial charge on any atom is 0.337 e. The average Bonchev–Trinajstić information content (AvgIpc) is 3.38. The molecule has 0 spiro atoms. The highest BCUT2D eigenvalue weighted by atomic mass is 32.1. The molecule has 0 atom stereocenters. The molecule has 0 unspecified atom stereocenters. The van der Waals surface area contributed by atoms with Crippen LogP contribution in [0, 0.1) is 0 Å². The van der Waals surface area contributed by atoms with Gasteiger partial charge in [0.1, 0.15) is 0 Å². The highest BCUT2D eigenvalue weighted by molar-refractivity contribution is 7.15. The van der Waals surface area contributed by atoms with E-state index in [1.54, 1.807) is 42.5 Å². The van der Waals surface area contributed by atoms with E-state index < -0.39 is 5.97 Å². The van der Waals surface area contributed by atoms with Crippen molar-refractivity contribution in [2.45, 2.75) is 0 Å². The van der Waals surface area contributed by atoms with Crippen LogP contribution in [0.4, 0.5) is 0 Å². The first-order valence-corrected chi connectivity index (χ1v) is 10.2. The van der Waals surface area contributed by atoms with Gasteiger partial charge in [0, 0.05) is 5.56 Å². The standard InChI is InChI=1S/C22H19N3O6S/c1-28-15-10-14(11-16(29-2)18(15)30-3)19-23-24-22-25(19)20(26)17(32-22)9-12-5-7-13(8-6-12)21(27)31-4/h5-11H,1-4H3/b17-9-. The van der Waals surface area contributed by atoms with Crippen LogP contribution in [0.25, 0.3) is 22.4 Å². The van der Waals surface area contributed by atoms with Crippen molar-refractivity contribution < 1.29 is 23.7 Å². The van der Waals surface area contributed by atoms with Gasteiger partial charge in [-0.25, -0.2) is 9.20 Å². The SMILES string of the molecule is COC(=O)c1ccc(/C=c2\sc3nnc(-c4cc(OC)c(OC)c(OC)c4)n3c2=O)cc1. The summed E-state index contributed by atoms with van der Waals surface area (Å²) >= 11 is 1.22. The first-order chi connectivity index (χ1) is 15.5. The number of fused-ring (bicyclic) bond motifs is 1. The monoisotopic (exact) mass is 453 g/mol. The van der Waals surface area contributed by atoms with Gasteiger partial charge >= 0.3 is 5.97 Å².